The summed E-state index contributed by atoms with van der Waals surface area (Å²) < 4.78 is 5.02. The largest absolute Gasteiger partial charge is 0.451 e. The van der Waals surface area contributed by atoms with Crippen molar-refractivity contribution >= 4 is 41.1 Å². The molecule has 1 aliphatic rings. The maximum absolute atomic E-state index is 12.2. The number of benzene rings is 1. The highest BCUT2D eigenvalue weighted by Gasteiger charge is 2.47. The average molecular weight is 382 g/mol. The third-order valence-corrected chi connectivity index (χ3v) is 4.48. The Bertz CT molecular complexity index is 754. The van der Waals surface area contributed by atoms with E-state index in [2.05, 4.69) is 10.6 Å². The van der Waals surface area contributed by atoms with E-state index in [4.69, 9.17) is 16.3 Å². The molecule has 0 saturated carbocycles. The molecule has 1 saturated heterocycles. The Balaban J connectivity index is 1.93. The predicted octanol–water partition coefficient (Wildman–Crippen LogP) is 1.93. The van der Waals surface area contributed by atoms with E-state index in [1.165, 1.54) is 6.92 Å². The molecule has 26 heavy (non-hydrogen) atoms. The highest BCUT2D eigenvalue weighted by molar-refractivity contribution is 6.33. The molecule has 0 bridgehead atoms. The molecule has 1 fully saturated rings. The molecule has 2 unspecified atom stereocenters. The lowest BCUT2D eigenvalue weighted by Crippen LogP contribution is -2.44. The number of para-hydroxylation sites is 1. The van der Waals surface area contributed by atoms with Crippen LogP contribution in [0.3, 0.4) is 0 Å². The average Bonchev–Trinajstić information content (AvgIpc) is 2.80. The van der Waals surface area contributed by atoms with Crippen LogP contribution in [0.25, 0.3) is 0 Å². The summed E-state index contributed by atoms with van der Waals surface area (Å²) in [6.45, 7) is 4.15. The van der Waals surface area contributed by atoms with Gasteiger partial charge in [-0.15, -0.1) is 0 Å². The Labute approximate surface area is 155 Å². The Morgan fingerprint density at radius 3 is 2.58 bits per heavy atom. The zero-order valence-corrected chi connectivity index (χ0v) is 15.4. The van der Waals surface area contributed by atoms with Crippen LogP contribution in [-0.2, 0) is 19.1 Å². The molecular weight excluding hydrogens is 362 g/mol. The molecule has 2 rings (SSSR count). The van der Waals surface area contributed by atoms with Crippen LogP contribution in [0.1, 0.15) is 27.2 Å². The van der Waals surface area contributed by atoms with Gasteiger partial charge in [0, 0.05) is 0 Å². The van der Waals surface area contributed by atoms with E-state index in [9.17, 15) is 19.2 Å². The fraction of sp³-hybridized carbons (Fsp3) is 0.412. The van der Waals surface area contributed by atoms with Crippen molar-refractivity contribution in [1.29, 1.82) is 0 Å². The third kappa shape index (κ3) is 4.13. The van der Waals surface area contributed by atoms with Gasteiger partial charge in [0.25, 0.3) is 11.8 Å². The highest BCUT2D eigenvalue weighted by atomic mass is 35.5. The number of carbonyl (C=O) groups excluding carboxylic acids is 4. The van der Waals surface area contributed by atoms with E-state index in [1.54, 1.807) is 38.1 Å². The minimum atomic E-state index is -1.13. The van der Waals surface area contributed by atoms with Gasteiger partial charge >= 0.3 is 12.0 Å². The van der Waals surface area contributed by atoms with Crippen molar-refractivity contribution in [2.75, 3.05) is 11.9 Å². The smallest absolute Gasteiger partial charge is 0.327 e. The van der Waals surface area contributed by atoms with Crippen LogP contribution in [0.5, 0.6) is 0 Å². The molecule has 0 aromatic heterocycles. The number of imide groups is 1. The second kappa shape index (κ2) is 7.74. The first kappa shape index (κ1) is 19.7. The number of ether oxygens (including phenoxy) is 1. The van der Waals surface area contributed by atoms with Crippen molar-refractivity contribution in [3.63, 3.8) is 0 Å². The molecule has 9 heteroatoms. The Morgan fingerprint density at radius 1 is 1.35 bits per heavy atom. The Hall–Kier alpha value is -2.61. The van der Waals surface area contributed by atoms with Crippen molar-refractivity contribution in [3.05, 3.63) is 29.3 Å². The van der Waals surface area contributed by atoms with E-state index in [1.807, 2.05) is 0 Å². The molecular formula is C17H20ClN3O5. The Morgan fingerprint density at radius 2 is 2.00 bits per heavy atom. The van der Waals surface area contributed by atoms with Crippen molar-refractivity contribution in [3.8, 4) is 0 Å². The molecule has 1 aromatic rings. The number of halogens is 1. The summed E-state index contributed by atoms with van der Waals surface area (Å²) in [5, 5.41) is 5.42. The monoisotopic (exact) mass is 381 g/mol. The summed E-state index contributed by atoms with van der Waals surface area (Å²) in [5.41, 5.74) is -0.653. The van der Waals surface area contributed by atoms with E-state index >= 15 is 0 Å². The maximum atomic E-state index is 12.2. The van der Waals surface area contributed by atoms with Gasteiger partial charge in [0.1, 0.15) is 12.1 Å². The predicted molar refractivity (Wildman–Crippen MR) is 94.6 cm³/mol. The van der Waals surface area contributed by atoms with Crippen LogP contribution in [0.15, 0.2) is 24.3 Å². The zero-order valence-electron chi connectivity index (χ0n) is 14.7. The molecule has 2 atom stereocenters. The fourth-order valence-electron chi connectivity index (χ4n) is 2.34. The number of rotatable bonds is 6. The molecule has 2 N–H and O–H groups in total. The van der Waals surface area contributed by atoms with Crippen LogP contribution < -0.4 is 10.6 Å². The van der Waals surface area contributed by atoms with Crippen molar-refractivity contribution in [2.24, 2.45) is 0 Å². The van der Waals surface area contributed by atoms with Crippen LogP contribution >= 0.6 is 11.6 Å². The highest BCUT2D eigenvalue weighted by Crippen LogP contribution is 2.22. The summed E-state index contributed by atoms with van der Waals surface area (Å²) in [4.78, 5) is 49.0. The molecule has 1 heterocycles. The molecule has 4 amide bonds. The van der Waals surface area contributed by atoms with Crippen LogP contribution in [0.4, 0.5) is 10.5 Å². The van der Waals surface area contributed by atoms with Crippen LogP contribution in [-0.4, -0.2) is 46.9 Å². The molecule has 1 aromatic carbocycles. The number of hydrogen-bond acceptors (Lipinski definition) is 5. The summed E-state index contributed by atoms with van der Waals surface area (Å²) >= 11 is 5.95. The number of nitrogens with zero attached hydrogens (tertiary/aromatic N) is 1. The number of nitrogens with one attached hydrogen (secondary N) is 2. The van der Waals surface area contributed by atoms with Gasteiger partial charge in [0.05, 0.1) is 10.7 Å². The van der Waals surface area contributed by atoms with Crippen molar-refractivity contribution in [2.45, 2.75) is 38.8 Å². The number of amides is 4. The van der Waals surface area contributed by atoms with Crippen LogP contribution in [0.2, 0.25) is 5.02 Å². The van der Waals surface area contributed by atoms with Gasteiger partial charge in [-0.3, -0.25) is 19.3 Å². The summed E-state index contributed by atoms with van der Waals surface area (Å²) in [5.74, 6) is -1.95. The second-order valence-electron chi connectivity index (χ2n) is 6.11. The number of urea groups is 1. The Kier molecular flexibility index (Phi) is 5.86. The molecule has 140 valence electrons. The minimum absolute atomic E-state index is 0.345. The number of esters is 1. The van der Waals surface area contributed by atoms with Gasteiger partial charge in [0.2, 0.25) is 0 Å². The van der Waals surface area contributed by atoms with E-state index in [0.29, 0.717) is 17.1 Å². The van der Waals surface area contributed by atoms with E-state index in [0.717, 1.165) is 4.90 Å². The second-order valence-corrected chi connectivity index (χ2v) is 6.52. The first-order valence-electron chi connectivity index (χ1n) is 8.07. The molecule has 1 aliphatic heterocycles. The maximum Gasteiger partial charge on any atom is 0.327 e. The summed E-state index contributed by atoms with van der Waals surface area (Å²) in [6, 6.07) is 5.96. The van der Waals surface area contributed by atoms with E-state index in [-0.39, 0.29) is 0 Å². The molecule has 0 radical (unpaired) electrons. The first-order chi connectivity index (χ1) is 12.2. The van der Waals surface area contributed by atoms with Gasteiger partial charge in [-0.25, -0.2) is 4.79 Å². The van der Waals surface area contributed by atoms with Gasteiger partial charge in [-0.1, -0.05) is 30.7 Å². The number of carbonyl (C=O) groups is 4. The van der Waals surface area contributed by atoms with Gasteiger partial charge in [0.15, 0.2) is 6.10 Å². The summed E-state index contributed by atoms with van der Waals surface area (Å²) in [6.07, 6.45) is -0.739. The topological polar surface area (TPSA) is 105 Å². The summed E-state index contributed by atoms with van der Waals surface area (Å²) in [7, 11) is 0. The molecule has 0 spiro atoms. The minimum Gasteiger partial charge on any atom is -0.451 e. The first-order valence-corrected chi connectivity index (χ1v) is 8.44. The normalized spacial score (nSPS) is 20.5. The third-order valence-electron chi connectivity index (χ3n) is 4.15. The van der Waals surface area contributed by atoms with Crippen molar-refractivity contribution < 1.29 is 23.9 Å². The van der Waals surface area contributed by atoms with Crippen molar-refractivity contribution in [1.82, 2.24) is 10.2 Å². The van der Waals surface area contributed by atoms with Crippen LogP contribution in [0, 0.1) is 0 Å². The molecule has 0 aliphatic carbocycles. The zero-order chi connectivity index (χ0) is 19.5. The van der Waals surface area contributed by atoms with Gasteiger partial charge < -0.3 is 15.4 Å². The number of anilines is 1. The lowest BCUT2D eigenvalue weighted by molar-refractivity contribution is -0.155. The lowest BCUT2D eigenvalue weighted by atomic mass is 9.99. The quantitative estimate of drug-likeness (QED) is 0.578. The lowest BCUT2D eigenvalue weighted by Gasteiger charge is -2.19. The molecule has 8 nitrogen and oxygen atoms in total. The fourth-order valence-corrected chi connectivity index (χ4v) is 2.53. The number of hydrogen-bond donors (Lipinski definition) is 2. The van der Waals surface area contributed by atoms with Gasteiger partial charge in [-0.05, 0) is 32.4 Å². The SMILES string of the molecule is CCC1(C)NC(=O)N(CC(=O)OC(C)C(=O)Nc2ccccc2Cl)C1=O. The van der Waals surface area contributed by atoms with E-state index < -0.39 is 42.0 Å². The standard InChI is InChI=1S/C17H20ClN3O5/c1-4-17(3)15(24)21(16(25)20-17)9-13(22)26-10(2)14(23)19-12-8-6-5-7-11(12)18/h5-8,10H,4,9H2,1-3H3,(H,19,23)(H,20,25). The van der Waals surface area contributed by atoms with Gasteiger partial charge in [-0.2, -0.15) is 0 Å².